The third kappa shape index (κ3) is 12.4. The van der Waals surface area contributed by atoms with Crippen LogP contribution in [0.5, 0.6) is 0 Å². The molecule has 0 saturated carbocycles. The molecule has 0 radical (unpaired) electrons. The molecule has 0 unspecified atom stereocenters. The highest BCUT2D eigenvalue weighted by Crippen LogP contribution is 2.26. The van der Waals surface area contributed by atoms with E-state index in [4.69, 9.17) is 0 Å². The smallest absolute Gasteiger partial charge is 0.0130 e. The fraction of sp³-hybridized carbons (Fsp3) is 1.00. The SMILES string of the molecule is CCCCCCCCCNC(C)(C)CC(C)(C)C. The molecular formula is C17H37N. The van der Waals surface area contributed by atoms with Crippen molar-refractivity contribution in [2.24, 2.45) is 5.41 Å². The molecule has 0 saturated heterocycles. The fourth-order valence-corrected chi connectivity index (χ4v) is 2.90. The summed E-state index contributed by atoms with van der Waals surface area (Å²) in [6.45, 7) is 15.1. The van der Waals surface area contributed by atoms with E-state index in [2.05, 4.69) is 46.9 Å². The van der Waals surface area contributed by atoms with E-state index in [9.17, 15) is 0 Å². The molecule has 0 fully saturated rings. The first-order valence-corrected chi connectivity index (χ1v) is 8.02. The Hall–Kier alpha value is -0.0400. The number of unbranched alkanes of at least 4 members (excludes halogenated alkanes) is 6. The Bertz CT molecular complexity index is 188. The Kier molecular flexibility index (Phi) is 8.94. The molecule has 0 bridgehead atoms. The molecule has 0 aliphatic rings. The average molecular weight is 255 g/mol. The average Bonchev–Trinajstić information content (AvgIpc) is 2.18. The van der Waals surface area contributed by atoms with Crippen LogP contribution in [0.25, 0.3) is 0 Å². The lowest BCUT2D eigenvalue weighted by molar-refractivity contribution is 0.241. The van der Waals surface area contributed by atoms with Crippen LogP contribution >= 0.6 is 0 Å². The molecule has 0 aromatic rings. The minimum absolute atomic E-state index is 0.278. The number of hydrogen-bond acceptors (Lipinski definition) is 1. The summed E-state index contributed by atoms with van der Waals surface area (Å²) in [6, 6.07) is 0. The van der Waals surface area contributed by atoms with Crippen LogP contribution in [0.4, 0.5) is 0 Å². The van der Waals surface area contributed by atoms with Crippen LogP contribution in [0, 0.1) is 5.41 Å². The van der Waals surface area contributed by atoms with Gasteiger partial charge in [0.2, 0.25) is 0 Å². The molecule has 1 heteroatoms. The van der Waals surface area contributed by atoms with Crippen LogP contribution in [0.3, 0.4) is 0 Å². The van der Waals surface area contributed by atoms with Crippen LogP contribution in [-0.2, 0) is 0 Å². The quantitative estimate of drug-likeness (QED) is 0.505. The number of rotatable bonds is 10. The van der Waals surface area contributed by atoms with Gasteiger partial charge in [-0.2, -0.15) is 0 Å². The fourth-order valence-electron chi connectivity index (χ4n) is 2.90. The maximum absolute atomic E-state index is 3.72. The molecule has 0 aromatic heterocycles. The van der Waals surface area contributed by atoms with Crippen LogP contribution in [-0.4, -0.2) is 12.1 Å². The molecule has 0 aromatic carbocycles. The number of nitrogens with one attached hydrogen (secondary N) is 1. The van der Waals surface area contributed by atoms with Crippen LogP contribution in [0.15, 0.2) is 0 Å². The van der Waals surface area contributed by atoms with E-state index >= 15 is 0 Å². The highest BCUT2D eigenvalue weighted by Gasteiger charge is 2.24. The van der Waals surface area contributed by atoms with E-state index < -0.39 is 0 Å². The van der Waals surface area contributed by atoms with Gasteiger partial charge in [0.1, 0.15) is 0 Å². The van der Waals surface area contributed by atoms with Crippen LogP contribution in [0.2, 0.25) is 0 Å². The summed E-state index contributed by atoms with van der Waals surface area (Å²) >= 11 is 0. The molecule has 1 N–H and O–H groups in total. The lowest BCUT2D eigenvalue weighted by Crippen LogP contribution is -2.42. The highest BCUT2D eigenvalue weighted by molar-refractivity contribution is 4.82. The van der Waals surface area contributed by atoms with Gasteiger partial charge in [-0.25, -0.2) is 0 Å². The standard InChI is InChI=1S/C17H37N/c1-7-8-9-10-11-12-13-14-18-17(5,6)15-16(2,3)4/h18H,7-15H2,1-6H3. The maximum atomic E-state index is 3.72. The molecular weight excluding hydrogens is 218 g/mol. The zero-order valence-electron chi connectivity index (χ0n) is 13.9. The van der Waals surface area contributed by atoms with Gasteiger partial charge in [-0.1, -0.05) is 66.2 Å². The van der Waals surface area contributed by atoms with Gasteiger partial charge >= 0.3 is 0 Å². The van der Waals surface area contributed by atoms with Crippen LogP contribution in [0.1, 0.15) is 92.9 Å². The van der Waals surface area contributed by atoms with Crippen LogP contribution < -0.4 is 5.32 Å². The van der Waals surface area contributed by atoms with Crippen molar-refractivity contribution in [2.45, 2.75) is 98.4 Å². The van der Waals surface area contributed by atoms with Gasteiger partial charge in [-0.05, 0) is 38.6 Å². The minimum atomic E-state index is 0.278. The monoisotopic (exact) mass is 255 g/mol. The van der Waals surface area contributed by atoms with Gasteiger partial charge in [0.05, 0.1) is 0 Å². The lowest BCUT2D eigenvalue weighted by atomic mass is 9.82. The molecule has 0 spiro atoms. The summed E-state index contributed by atoms with van der Waals surface area (Å²) in [5, 5.41) is 3.72. The Balaban J connectivity index is 3.47. The summed E-state index contributed by atoms with van der Waals surface area (Å²) in [6.07, 6.45) is 11.0. The first-order chi connectivity index (χ1) is 8.27. The molecule has 1 nitrogen and oxygen atoms in total. The molecule has 0 atom stereocenters. The highest BCUT2D eigenvalue weighted by atomic mass is 14.9. The van der Waals surface area contributed by atoms with Crippen molar-refractivity contribution in [1.82, 2.24) is 5.32 Å². The van der Waals surface area contributed by atoms with Gasteiger partial charge in [0.25, 0.3) is 0 Å². The molecule has 110 valence electrons. The zero-order valence-corrected chi connectivity index (χ0v) is 13.9. The van der Waals surface area contributed by atoms with Crippen molar-refractivity contribution in [2.75, 3.05) is 6.54 Å². The van der Waals surface area contributed by atoms with E-state index in [0.29, 0.717) is 5.41 Å². The molecule has 0 aliphatic heterocycles. The van der Waals surface area contributed by atoms with Crippen molar-refractivity contribution in [3.8, 4) is 0 Å². The van der Waals surface area contributed by atoms with Crippen molar-refractivity contribution in [3.05, 3.63) is 0 Å². The molecule has 0 heterocycles. The van der Waals surface area contributed by atoms with Gasteiger partial charge < -0.3 is 5.32 Å². The predicted molar refractivity (Wildman–Crippen MR) is 84.1 cm³/mol. The van der Waals surface area contributed by atoms with E-state index in [1.54, 1.807) is 0 Å². The molecule has 0 rings (SSSR count). The molecule has 18 heavy (non-hydrogen) atoms. The largest absolute Gasteiger partial charge is 0.312 e. The van der Waals surface area contributed by atoms with E-state index in [0.717, 1.165) is 0 Å². The Morgan fingerprint density at radius 2 is 1.22 bits per heavy atom. The van der Waals surface area contributed by atoms with Gasteiger partial charge in [-0.3, -0.25) is 0 Å². The third-order valence-corrected chi connectivity index (χ3v) is 3.36. The zero-order chi connectivity index (χ0) is 14.1. The van der Waals surface area contributed by atoms with Crippen molar-refractivity contribution in [1.29, 1.82) is 0 Å². The lowest BCUT2D eigenvalue weighted by Gasteiger charge is -2.33. The summed E-state index contributed by atoms with van der Waals surface area (Å²) in [5.74, 6) is 0. The summed E-state index contributed by atoms with van der Waals surface area (Å²) in [4.78, 5) is 0. The van der Waals surface area contributed by atoms with E-state index in [1.165, 1.54) is 57.9 Å². The first-order valence-electron chi connectivity index (χ1n) is 8.02. The Morgan fingerprint density at radius 3 is 1.72 bits per heavy atom. The first kappa shape index (κ1) is 18.0. The Labute approximate surface area is 116 Å². The minimum Gasteiger partial charge on any atom is -0.312 e. The van der Waals surface area contributed by atoms with E-state index in [-0.39, 0.29) is 5.54 Å². The summed E-state index contributed by atoms with van der Waals surface area (Å²) < 4.78 is 0. The third-order valence-electron chi connectivity index (χ3n) is 3.36. The summed E-state index contributed by atoms with van der Waals surface area (Å²) in [7, 11) is 0. The summed E-state index contributed by atoms with van der Waals surface area (Å²) in [5.41, 5.74) is 0.692. The van der Waals surface area contributed by atoms with Gasteiger partial charge in [0, 0.05) is 5.54 Å². The predicted octanol–water partition coefficient (Wildman–Crippen LogP) is 5.54. The number of hydrogen-bond donors (Lipinski definition) is 1. The second kappa shape index (κ2) is 8.96. The topological polar surface area (TPSA) is 12.0 Å². The second-order valence-electron chi connectivity index (χ2n) is 7.67. The van der Waals surface area contributed by atoms with E-state index in [1.807, 2.05) is 0 Å². The molecule has 0 amide bonds. The Morgan fingerprint density at radius 1 is 0.722 bits per heavy atom. The molecule has 0 aliphatic carbocycles. The van der Waals surface area contributed by atoms with Gasteiger partial charge in [0.15, 0.2) is 0 Å². The maximum Gasteiger partial charge on any atom is 0.0130 e. The van der Waals surface area contributed by atoms with Gasteiger partial charge in [-0.15, -0.1) is 0 Å². The van der Waals surface area contributed by atoms with Crippen molar-refractivity contribution < 1.29 is 0 Å². The van der Waals surface area contributed by atoms with Crippen molar-refractivity contribution >= 4 is 0 Å². The normalized spacial score (nSPS) is 13.0. The second-order valence-corrected chi connectivity index (χ2v) is 7.67. The van der Waals surface area contributed by atoms with Crippen molar-refractivity contribution in [3.63, 3.8) is 0 Å².